The van der Waals surface area contributed by atoms with Crippen molar-refractivity contribution in [3.05, 3.63) is 17.5 Å². The molecule has 0 aromatic carbocycles. The van der Waals surface area contributed by atoms with Gasteiger partial charge in [0.05, 0.1) is 6.20 Å². The van der Waals surface area contributed by atoms with E-state index in [1.165, 1.54) is 6.42 Å². The zero-order valence-electron chi connectivity index (χ0n) is 9.90. The first-order chi connectivity index (χ1) is 7.70. The van der Waals surface area contributed by atoms with E-state index in [1.807, 2.05) is 18.7 Å². The molecule has 2 heterocycles. The van der Waals surface area contributed by atoms with Gasteiger partial charge in [0.2, 0.25) is 0 Å². The molecule has 0 N–H and O–H groups in total. The van der Waals surface area contributed by atoms with Crippen LogP contribution in [0.1, 0.15) is 55.1 Å². The molecule has 1 aromatic heterocycles. The Bertz CT molecular complexity index is 365. The van der Waals surface area contributed by atoms with Gasteiger partial charge in [-0.25, -0.2) is 0 Å². The molecule has 1 aliphatic rings. The van der Waals surface area contributed by atoms with Crippen LogP contribution in [0.5, 0.6) is 0 Å². The molecule has 16 heavy (non-hydrogen) atoms. The molecule has 1 aliphatic heterocycles. The summed E-state index contributed by atoms with van der Waals surface area (Å²) in [5.74, 6) is 0.978. The van der Waals surface area contributed by atoms with E-state index in [4.69, 9.17) is 4.52 Å². The Balaban J connectivity index is 2.16. The number of hydrogen-bond acceptors (Lipinski definition) is 3. The van der Waals surface area contributed by atoms with E-state index in [0.29, 0.717) is 11.3 Å². The monoisotopic (exact) mass is 222 g/mol. The van der Waals surface area contributed by atoms with Crippen LogP contribution in [-0.2, 0) is 0 Å². The normalized spacial score (nSPS) is 16.8. The van der Waals surface area contributed by atoms with Crippen molar-refractivity contribution < 1.29 is 9.32 Å². The van der Waals surface area contributed by atoms with Crippen LogP contribution in [-0.4, -0.2) is 29.1 Å². The Morgan fingerprint density at radius 2 is 2.06 bits per heavy atom. The number of aromatic nitrogens is 1. The van der Waals surface area contributed by atoms with Gasteiger partial charge in [-0.3, -0.25) is 4.79 Å². The number of carbonyl (C=O) groups excluding carboxylic acids is 1. The molecule has 0 bridgehead atoms. The third-order valence-corrected chi connectivity index (χ3v) is 3.00. The molecule has 0 spiro atoms. The van der Waals surface area contributed by atoms with E-state index in [-0.39, 0.29) is 11.8 Å². The van der Waals surface area contributed by atoms with Crippen molar-refractivity contribution in [3.8, 4) is 0 Å². The number of likely N-dealkylation sites (tertiary alicyclic amines) is 1. The highest BCUT2D eigenvalue weighted by atomic mass is 16.5. The van der Waals surface area contributed by atoms with E-state index in [1.54, 1.807) is 6.20 Å². The molecule has 1 amide bonds. The number of hydrogen-bond donors (Lipinski definition) is 0. The van der Waals surface area contributed by atoms with E-state index in [9.17, 15) is 4.79 Å². The second-order valence-corrected chi connectivity index (χ2v) is 4.61. The fraction of sp³-hybridized carbons (Fsp3) is 0.667. The van der Waals surface area contributed by atoms with E-state index >= 15 is 0 Å². The maximum atomic E-state index is 12.2. The Hall–Kier alpha value is -1.32. The summed E-state index contributed by atoms with van der Waals surface area (Å²) >= 11 is 0. The lowest BCUT2D eigenvalue weighted by Crippen LogP contribution is -2.35. The summed E-state index contributed by atoms with van der Waals surface area (Å²) in [6.45, 7) is 5.74. The SMILES string of the molecule is CC(C)c1oncc1C(=O)N1CCCCC1. The minimum absolute atomic E-state index is 0.0738. The second-order valence-electron chi connectivity index (χ2n) is 4.61. The average molecular weight is 222 g/mol. The standard InChI is InChI=1S/C12H18N2O2/c1-9(2)11-10(8-13-16-11)12(15)14-6-4-3-5-7-14/h8-9H,3-7H2,1-2H3. The van der Waals surface area contributed by atoms with Gasteiger partial charge in [0.25, 0.3) is 5.91 Å². The molecular formula is C12H18N2O2. The van der Waals surface area contributed by atoms with Gasteiger partial charge >= 0.3 is 0 Å². The first-order valence-corrected chi connectivity index (χ1v) is 5.94. The van der Waals surface area contributed by atoms with Crippen LogP contribution in [0.15, 0.2) is 10.7 Å². The van der Waals surface area contributed by atoms with Crippen molar-refractivity contribution in [1.82, 2.24) is 10.1 Å². The van der Waals surface area contributed by atoms with Gasteiger partial charge in [0.15, 0.2) is 5.76 Å². The summed E-state index contributed by atoms with van der Waals surface area (Å²) in [5, 5.41) is 3.74. The molecule has 1 saturated heterocycles. The molecule has 88 valence electrons. The minimum atomic E-state index is 0.0738. The van der Waals surface area contributed by atoms with E-state index < -0.39 is 0 Å². The van der Waals surface area contributed by atoms with Crippen molar-refractivity contribution >= 4 is 5.91 Å². The zero-order chi connectivity index (χ0) is 11.5. The van der Waals surface area contributed by atoms with Crippen molar-refractivity contribution in [1.29, 1.82) is 0 Å². The lowest BCUT2D eigenvalue weighted by atomic mass is 10.0. The highest BCUT2D eigenvalue weighted by Gasteiger charge is 2.24. The van der Waals surface area contributed by atoms with Gasteiger partial charge in [0.1, 0.15) is 5.56 Å². The Morgan fingerprint density at radius 3 is 2.69 bits per heavy atom. The van der Waals surface area contributed by atoms with Gasteiger partial charge in [-0.2, -0.15) is 0 Å². The molecule has 0 atom stereocenters. The molecule has 0 unspecified atom stereocenters. The molecule has 0 saturated carbocycles. The average Bonchev–Trinajstić information content (AvgIpc) is 2.78. The van der Waals surface area contributed by atoms with Crippen LogP contribution in [0.25, 0.3) is 0 Å². The lowest BCUT2D eigenvalue weighted by molar-refractivity contribution is 0.0721. The summed E-state index contributed by atoms with van der Waals surface area (Å²) in [6.07, 6.45) is 4.98. The molecule has 2 rings (SSSR count). The maximum Gasteiger partial charge on any atom is 0.259 e. The van der Waals surface area contributed by atoms with Gasteiger partial charge in [-0.15, -0.1) is 0 Å². The van der Waals surface area contributed by atoms with Crippen molar-refractivity contribution in [2.75, 3.05) is 13.1 Å². The van der Waals surface area contributed by atoms with Gasteiger partial charge in [-0.1, -0.05) is 19.0 Å². The summed E-state index contributed by atoms with van der Waals surface area (Å²) in [4.78, 5) is 14.1. The predicted molar refractivity (Wildman–Crippen MR) is 60.3 cm³/mol. The summed E-state index contributed by atoms with van der Waals surface area (Å²) in [5.41, 5.74) is 0.636. The topological polar surface area (TPSA) is 46.3 Å². The van der Waals surface area contributed by atoms with Crippen LogP contribution in [0, 0.1) is 0 Å². The van der Waals surface area contributed by atoms with Crippen molar-refractivity contribution in [3.63, 3.8) is 0 Å². The number of amides is 1. The summed E-state index contributed by atoms with van der Waals surface area (Å²) in [6, 6.07) is 0. The Labute approximate surface area is 95.6 Å². The third-order valence-electron chi connectivity index (χ3n) is 3.00. The van der Waals surface area contributed by atoms with Gasteiger partial charge in [0, 0.05) is 19.0 Å². The maximum absolute atomic E-state index is 12.2. The van der Waals surface area contributed by atoms with Crippen LogP contribution in [0.3, 0.4) is 0 Å². The molecule has 4 heteroatoms. The number of rotatable bonds is 2. The fourth-order valence-corrected chi connectivity index (χ4v) is 2.09. The molecule has 1 aromatic rings. The van der Waals surface area contributed by atoms with Crippen LogP contribution in [0.2, 0.25) is 0 Å². The number of piperidine rings is 1. The smallest absolute Gasteiger partial charge is 0.259 e. The van der Waals surface area contributed by atoms with E-state index in [0.717, 1.165) is 25.9 Å². The van der Waals surface area contributed by atoms with Gasteiger partial charge < -0.3 is 9.42 Å². The van der Waals surface area contributed by atoms with E-state index in [2.05, 4.69) is 5.16 Å². The highest BCUT2D eigenvalue weighted by molar-refractivity contribution is 5.95. The first kappa shape index (κ1) is 11.2. The molecular weight excluding hydrogens is 204 g/mol. The molecule has 0 radical (unpaired) electrons. The summed E-state index contributed by atoms with van der Waals surface area (Å²) in [7, 11) is 0. The predicted octanol–water partition coefficient (Wildman–Crippen LogP) is 2.42. The fourth-order valence-electron chi connectivity index (χ4n) is 2.09. The first-order valence-electron chi connectivity index (χ1n) is 5.94. The number of carbonyl (C=O) groups is 1. The van der Waals surface area contributed by atoms with Crippen molar-refractivity contribution in [2.45, 2.75) is 39.0 Å². The Morgan fingerprint density at radius 1 is 1.38 bits per heavy atom. The quantitative estimate of drug-likeness (QED) is 0.772. The van der Waals surface area contributed by atoms with Crippen LogP contribution >= 0.6 is 0 Å². The summed E-state index contributed by atoms with van der Waals surface area (Å²) < 4.78 is 5.14. The van der Waals surface area contributed by atoms with Crippen LogP contribution in [0.4, 0.5) is 0 Å². The Kier molecular flexibility index (Phi) is 3.27. The largest absolute Gasteiger partial charge is 0.360 e. The molecule has 0 aliphatic carbocycles. The molecule has 1 fully saturated rings. The van der Waals surface area contributed by atoms with Crippen molar-refractivity contribution in [2.24, 2.45) is 0 Å². The zero-order valence-corrected chi connectivity index (χ0v) is 9.90. The second kappa shape index (κ2) is 4.68. The van der Waals surface area contributed by atoms with Gasteiger partial charge in [-0.05, 0) is 19.3 Å². The highest BCUT2D eigenvalue weighted by Crippen LogP contribution is 2.21. The molecule has 4 nitrogen and oxygen atoms in total. The number of nitrogens with zero attached hydrogens (tertiary/aromatic N) is 2. The van der Waals surface area contributed by atoms with Crippen LogP contribution < -0.4 is 0 Å². The minimum Gasteiger partial charge on any atom is -0.360 e. The lowest BCUT2D eigenvalue weighted by Gasteiger charge is -2.26. The third kappa shape index (κ3) is 2.10.